The van der Waals surface area contributed by atoms with E-state index in [2.05, 4.69) is 179 Å². The summed E-state index contributed by atoms with van der Waals surface area (Å²) in [6.07, 6.45) is 101. The zero-order valence-electron chi connectivity index (χ0n) is 53.7. The second-order valence-corrected chi connectivity index (χ2v) is 22.0. The van der Waals surface area contributed by atoms with Crippen molar-refractivity contribution >= 4 is 17.9 Å². The number of unbranched alkanes of at least 4 members (excludes halogenated alkanes) is 23. The Morgan fingerprint density at radius 3 is 0.771 bits per heavy atom. The van der Waals surface area contributed by atoms with Crippen LogP contribution in [-0.2, 0) is 28.6 Å². The van der Waals surface area contributed by atoms with Crippen LogP contribution in [0, 0.1) is 0 Å². The maximum Gasteiger partial charge on any atom is 0.306 e. The lowest BCUT2D eigenvalue weighted by atomic mass is 10.0. The van der Waals surface area contributed by atoms with E-state index in [0.29, 0.717) is 25.7 Å². The van der Waals surface area contributed by atoms with Crippen LogP contribution >= 0.6 is 0 Å². The van der Waals surface area contributed by atoms with Gasteiger partial charge < -0.3 is 14.2 Å². The number of ether oxygens (including phenoxy) is 3. The zero-order valence-corrected chi connectivity index (χ0v) is 53.7. The molecule has 0 amide bonds. The van der Waals surface area contributed by atoms with Crippen molar-refractivity contribution in [2.24, 2.45) is 0 Å². The Morgan fingerprint density at radius 2 is 0.470 bits per heavy atom. The van der Waals surface area contributed by atoms with E-state index in [4.69, 9.17) is 14.2 Å². The first-order valence-corrected chi connectivity index (χ1v) is 34.0. The van der Waals surface area contributed by atoms with E-state index in [1.165, 1.54) is 109 Å². The van der Waals surface area contributed by atoms with E-state index in [0.717, 1.165) is 135 Å². The second-order valence-electron chi connectivity index (χ2n) is 22.0. The second kappa shape index (κ2) is 69.5. The minimum Gasteiger partial charge on any atom is -0.462 e. The summed E-state index contributed by atoms with van der Waals surface area (Å²) < 4.78 is 16.9. The fourth-order valence-corrected chi connectivity index (χ4v) is 8.97. The quantitative estimate of drug-likeness (QED) is 0.0261. The highest BCUT2D eigenvalue weighted by Gasteiger charge is 2.19. The van der Waals surface area contributed by atoms with E-state index in [-0.39, 0.29) is 31.1 Å². The summed E-state index contributed by atoms with van der Waals surface area (Å²) in [6, 6.07) is 0. The van der Waals surface area contributed by atoms with Crippen LogP contribution in [-0.4, -0.2) is 37.2 Å². The molecule has 83 heavy (non-hydrogen) atoms. The van der Waals surface area contributed by atoms with Crippen LogP contribution in [0.4, 0.5) is 0 Å². The minimum atomic E-state index is -0.819. The van der Waals surface area contributed by atoms with Crippen molar-refractivity contribution in [2.75, 3.05) is 13.2 Å². The van der Waals surface area contributed by atoms with Crippen molar-refractivity contribution in [3.05, 3.63) is 158 Å². The van der Waals surface area contributed by atoms with Gasteiger partial charge >= 0.3 is 17.9 Å². The van der Waals surface area contributed by atoms with Gasteiger partial charge in [0.05, 0.1) is 0 Å². The highest BCUT2D eigenvalue weighted by molar-refractivity contribution is 5.71. The van der Waals surface area contributed by atoms with Crippen LogP contribution in [0.15, 0.2) is 158 Å². The number of carbonyl (C=O) groups is 3. The van der Waals surface area contributed by atoms with Crippen LogP contribution in [0.3, 0.4) is 0 Å². The van der Waals surface area contributed by atoms with Crippen molar-refractivity contribution in [2.45, 2.75) is 297 Å². The van der Waals surface area contributed by atoms with E-state index < -0.39 is 6.10 Å². The number of allylic oxidation sites excluding steroid dienone is 26. The van der Waals surface area contributed by atoms with Gasteiger partial charge in [-0.15, -0.1) is 0 Å². The van der Waals surface area contributed by atoms with Crippen molar-refractivity contribution in [3.8, 4) is 0 Å². The lowest BCUT2D eigenvalue weighted by molar-refractivity contribution is -0.167. The number of hydrogen-bond acceptors (Lipinski definition) is 6. The molecule has 0 spiro atoms. The summed E-state index contributed by atoms with van der Waals surface area (Å²) >= 11 is 0. The van der Waals surface area contributed by atoms with Gasteiger partial charge in [-0.3, -0.25) is 14.4 Å². The molecule has 0 heterocycles. The first kappa shape index (κ1) is 78.0. The summed E-state index contributed by atoms with van der Waals surface area (Å²) in [5.41, 5.74) is 0. The van der Waals surface area contributed by atoms with Crippen molar-refractivity contribution in [1.82, 2.24) is 0 Å². The third-order valence-electron chi connectivity index (χ3n) is 14.0. The molecular weight excluding hydrogens is 1020 g/mol. The molecule has 468 valence electrons. The molecule has 0 aliphatic carbocycles. The molecule has 0 N–H and O–H groups in total. The van der Waals surface area contributed by atoms with Gasteiger partial charge in [-0.1, -0.05) is 281 Å². The third kappa shape index (κ3) is 67.7. The van der Waals surface area contributed by atoms with Crippen LogP contribution < -0.4 is 0 Å². The molecule has 1 atom stereocenters. The Labute approximate surface area is 511 Å². The molecule has 1 unspecified atom stereocenters. The first-order chi connectivity index (χ1) is 41.0. The molecule has 0 radical (unpaired) electrons. The maximum absolute atomic E-state index is 13.0. The van der Waals surface area contributed by atoms with E-state index in [1.54, 1.807) is 0 Å². The Balaban J connectivity index is 4.46. The van der Waals surface area contributed by atoms with Crippen molar-refractivity contribution in [3.63, 3.8) is 0 Å². The monoisotopic (exact) mass is 1140 g/mol. The van der Waals surface area contributed by atoms with Crippen LogP contribution in [0.1, 0.15) is 290 Å². The Morgan fingerprint density at radius 1 is 0.253 bits per heavy atom. The van der Waals surface area contributed by atoms with Gasteiger partial charge in [0.2, 0.25) is 0 Å². The molecular formula is C77H124O6. The molecule has 0 saturated carbocycles. The summed E-state index contributed by atoms with van der Waals surface area (Å²) in [6.45, 7) is 6.35. The van der Waals surface area contributed by atoms with E-state index in [1.807, 2.05) is 0 Å². The summed E-state index contributed by atoms with van der Waals surface area (Å²) in [5.74, 6) is -0.986. The molecule has 0 saturated heterocycles. The highest BCUT2D eigenvalue weighted by Crippen LogP contribution is 2.15. The molecule has 0 aromatic heterocycles. The molecule has 0 bridgehead atoms. The average Bonchev–Trinajstić information content (AvgIpc) is 3.49. The lowest BCUT2D eigenvalue weighted by Crippen LogP contribution is -2.30. The maximum atomic E-state index is 13.0. The summed E-state index contributed by atoms with van der Waals surface area (Å²) in [4.78, 5) is 38.4. The van der Waals surface area contributed by atoms with Gasteiger partial charge in [0, 0.05) is 19.3 Å². The minimum absolute atomic E-state index is 0.115. The number of carbonyl (C=O) groups excluding carboxylic acids is 3. The van der Waals surface area contributed by atoms with E-state index >= 15 is 0 Å². The molecule has 0 aromatic carbocycles. The topological polar surface area (TPSA) is 78.9 Å². The summed E-state index contributed by atoms with van der Waals surface area (Å²) in [5, 5.41) is 0. The van der Waals surface area contributed by atoms with Gasteiger partial charge in [0.25, 0.3) is 0 Å². The fraction of sp³-hybridized carbons (Fsp3) is 0.623. The molecule has 6 nitrogen and oxygen atoms in total. The number of hydrogen-bond donors (Lipinski definition) is 0. The molecule has 0 rings (SSSR count). The normalized spacial score (nSPS) is 13.1. The summed E-state index contributed by atoms with van der Waals surface area (Å²) in [7, 11) is 0. The van der Waals surface area contributed by atoms with Gasteiger partial charge in [-0.05, 0) is 148 Å². The first-order valence-electron chi connectivity index (χ1n) is 34.0. The lowest BCUT2D eigenvalue weighted by Gasteiger charge is -2.18. The predicted octanol–water partition coefficient (Wildman–Crippen LogP) is 23.7. The third-order valence-corrected chi connectivity index (χ3v) is 14.0. The Kier molecular flexibility index (Phi) is 65.4. The molecule has 0 aliphatic heterocycles. The van der Waals surface area contributed by atoms with Crippen molar-refractivity contribution < 1.29 is 28.6 Å². The number of esters is 3. The molecule has 0 fully saturated rings. The molecule has 0 aromatic rings. The van der Waals surface area contributed by atoms with Crippen molar-refractivity contribution in [1.29, 1.82) is 0 Å². The number of rotatable bonds is 60. The SMILES string of the molecule is CC/C=C\C/C=C\C/C=C\C/C=C\C/C=C\C/C=C\C/C=C\CCCCCC(=O)OCC(COC(=O)CCCC/C=C\C/C=C\C/C=C\C/C=C\CC)OC(=O)CCCCCCCCCCCCCCC/C=C\C/C=C\CCCCCCC. The Bertz CT molecular complexity index is 1840. The van der Waals surface area contributed by atoms with E-state index in [9.17, 15) is 14.4 Å². The average molecular weight is 1150 g/mol. The molecule has 6 heteroatoms. The van der Waals surface area contributed by atoms with Crippen LogP contribution in [0.25, 0.3) is 0 Å². The largest absolute Gasteiger partial charge is 0.462 e. The molecule has 0 aliphatic rings. The predicted molar refractivity (Wildman–Crippen MR) is 362 cm³/mol. The standard InChI is InChI=1S/C77H124O6/c1-4-7-10-13-16-19-22-25-28-30-32-34-36-38-40-42-44-46-49-52-55-58-61-64-67-70-76(79)82-73-74(72-81-75(78)69-66-63-60-57-54-51-48-27-24-21-18-15-12-9-6-3)83-77(80)71-68-65-62-59-56-53-50-47-45-43-41-39-37-35-33-31-29-26-23-20-17-14-11-8-5-2/h7,9-10,12,16,18-19,21,23,25-28,31-34,38,40,44,46,48,52,54-55,57,74H,4-6,8,11,13-15,17,20,22,24,29-30,35-37,39,41-43,45,47,49-51,53,56,58-73H2,1-3H3/b10-7-,12-9-,19-16-,21-18-,26-23-,28-25-,33-31-,34-32-,40-38-,46-44-,48-27-,55-52-,57-54-. The smallest absolute Gasteiger partial charge is 0.306 e. The highest BCUT2D eigenvalue weighted by atomic mass is 16.6. The zero-order chi connectivity index (χ0) is 59.9. The van der Waals surface area contributed by atoms with Crippen LogP contribution in [0.5, 0.6) is 0 Å². The Hall–Kier alpha value is -4.97. The van der Waals surface area contributed by atoms with Gasteiger partial charge in [-0.25, -0.2) is 0 Å². The van der Waals surface area contributed by atoms with Gasteiger partial charge in [0.15, 0.2) is 6.10 Å². The fourth-order valence-electron chi connectivity index (χ4n) is 8.97. The van der Waals surface area contributed by atoms with Gasteiger partial charge in [0.1, 0.15) is 13.2 Å². The van der Waals surface area contributed by atoms with Crippen LogP contribution in [0.2, 0.25) is 0 Å². The van der Waals surface area contributed by atoms with Gasteiger partial charge in [-0.2, -0.15) is 0 Å².